The van der Waals surface area contributed by atoms with Crippen molar-refractivity contribution >= 4 is 38.4 Å². The van der Waals surface area contributed by atoms with Crippen LogP contribution >= 0.6 is 11.8 Å². The number of benzene rings is 2. The number of carbonyl (C=O) groups is 1. The zero-order valence-corrected chi connectivity index (χ0v) is 16.5. The lowest BCUT2D eigenvalue weighted by Gasteiger charge is -2.24. The Hall–Kier alpha value is -2.12. The number of rotatable bonds is 3. The van der Waals surface area contributed by atoms with Gasteiger partial charge in [0.05, 0.1) is 24.0 Å². The second-order valence-electron chi connectivity index (χ2n) is 6.96. The SMILES string of the molecule is Cc1cccc(N2C(=NC(=O)Cc3ccccc3)S[C@@H]3CS(=O)(=O)C[C@H]32)c1. The normalized spacial score (nSPS) is 24.9. The number of nitrogens with zero attached hydrogens (tertiary/aromatic N) is 2. The smallest absolute Gasteiger partial charge is 0.252 e. The van der Waals surface area contributed by atoms with E-state index >= 15 is 0 Å². The van der Waals surface area contributed by atoms with Gasteiger partial charge in [0.15, 0.2) is 15.0 Å². The Labute approximate surface area is 163 Å². The third-order valence-electron chi connectivity index (χ3n) is 4.76. The van der Waals surface area contributed by atoms with Gasteiger partial charge in [-0.1, -0.05) is 54.2 Å². The van der Waals surface area contributed by atoms with Crippen molar-refractivity contribution in [2.75, 3.05) is 16.4 Å². The zero-order valence-electron chi connectivity index (χ0n) is 14.9. The molecule has 0 unspecified atom stereocenters. The lowest BCUT2D eigenvalue weighted by molar-refractivity contribution is -0.117. The number of hydrogen-bond donors (Lipinski definition) is 0. The molecular formula is C20H20N2O3S2. The Morgan fingerprint density at radius 1 is 1.15 bits per heavy atom. The summed E-state index contributed by atoms with van der Waals surface area (Å²) in [4.78, 5) is 18.8. The number of aryl methyl sites for hydroxylation is 1. The number of thioether (sulfide) groups is 1. The standard InChI is InChI=1S/C20H20N2O3S2/c1-14-6-5-9-16(10-14)22-17-12-27(24,25)13-18(17)26-20(22)21-19(23)11-15-7-3-2-4-8-15/h2-10,17-18H,11-13H2,1H3/t17-,18-/m1/s1. The molecule has 0 spiro atoms. The van der Waals surface area contributed by atoms with E-state index < -0.39 is 9.84 Å². The van der Waals surface area contributed by atoms with Crippen LogP contribution in [-0.2, 0) is 21.1 Å². The molecule has 0 bridgehead atoms. The monoisotopic (exact) mass is 400 g/mol. The van der Waals surface area contributed by atoms with Crippen molar-refractivity contribution in [2.45, 2.75) is 24.6 Å². The quantitative estimate of drug-likeness (QED) is 0.793. The summed E-state index contributed by atoms with van der Waals surface area (Å²) in [6.07, 6.45) is 0.236. The number of carbonyl (C=O) groups excluding carboxylic acids is 1. The van der Waals surface area contributed by atoms with Gasteiger partial charge in [-0.15, -0.1) is 0 Å². The third kappa shape index (κ3) is 3.94. The molecule has 0 aliphatic carbocycles. The van der Waals surface area contributed by atoms with Crippen LogP contribution in [0, 0.1) is 6.92 Å². The molecule has 2 aromatic carbocycles. The predicted molar refractivity (Wildman–Crippen MR) is 110 cm³/mol. The summed E-state index contributed by atoms with van der Waals surface area (Å²) in [5.41, 5.74) is 2.88. The highest BCUT2D eigenvalue weighted by Crippen LogP contribution is 2.41. The van der Waals surface area contributed by atoms with Crippen LogP contribution < -0.4 is 4.90 Å². The number of anilines is 1. The molecule has 2 aliphatic rings. The molecule has 0 aromatic heterocycles. The van der Waals surface area contributed by atoms with Gasteiger partial charge >= 0.3 is 0 Å². The maximum Gasteiger partial charge on any atom is 0.252 e. The first kappa shape index (κ1) is 18.3. The minimum Gasteiger partial charge on any atom is -0.316 e. The molecule has 0 radical (unpaired) electrons. The number of fused-ring (bicyclic) bond motifs is 1. The van der Waals surface area contributed by atoms with Gasteiger partial charge in [-0.3, -0.25) is 4.79 Å². The Morgan fingerprint density at radius 2 is 1.93 bits per heavy atom. The summed E-state index contributed by atoms with van der Waals surface area (Å²) < 4.78 is 24.2. The fraction of sp³-hybridized carbons (Fsp3) is 0.300. The van der Waals surface area contributed by atoms with Crippen molar-refractivity contribution < 1.29 is 13.2 Å². The van der Waals surface area contributed by atoms with E-state index in [2.05, 4.69) is 4.99 Å². The van der Waals surface area contributed by atoms with E-state index in [0.29, 0.717) is 5.17 Å². The van der Waals surface area contributed by atoms with E-state index in [-0.39, 0.29) is 35.1 Å². The minimum absolute atomic E-state index is 0.0845. The van der Waals surface area contributed by atoms with Crippen molar-refractivity contribution in [3.63, 3.8) is 0 Å². The first-order chi connectivity index (χ1) is 12.9. The topological polar surface area (TPSA) is 66.8 Å². The number of hydrogen-bond acceptors (Lipinski definition) is 4. The first-order valence-electron chi connectivity index (χ1n) is 8.80. The number of amides is 1. The zero-order chi connectivity index (χ0) is 19.0. The largest absolute Gasteiger partial charge is 0.316 e. The number of aliphatic imine (C=N–C) groups is 1. The average molecular weight is 401 g/mol. The highest BCUT2D eigenvalue weighted by molar-refractivity contribution is 8.16. The second-order valence-corrected chi connectivity index (χ2v) is 10.3. The fourth-order valence-corrected chi connectivity index (χ4v) is 7.49. The summed E-state index contributed by atoms with van der Waals surface area (Å²) in [5, 5.41) is 0.519. The van der Waals surface area contributed by atoms with Gasteiger partial charge in [-0.25, -0.2) is 8.42 Å². The van der Waals surface area contributed by atoms with Gasteiger partial charge in [0, 0.05) is 10.9 Å². The van der Waals surface area contributed by atoms with E-state index in [1.54, 1.807) is 0 Å². The van der Waals surface area contributed by atoms with E-state index in [4.69, 9.17) is 0 Å². The highest BCUT2D eigenvalue weighted by atomic mass is 32.2. The Kier molecular flexibility index (Phi) is 4.82. The lowest BCUT2D eigenvalue weighted by atomic mass is 10.1. The summed E-state index contributed by atoms with van der Waals surface area (Å²) in [6.45, 7) is 1.99. The van der Waals surface area contributed by atoms with Crippen molar-refractivity contribution in [3.8, 4) is 0 Å². The molecule has 2 aromatic rings. The molecular weight excluding hydrogens is 380 g/mol. The van der Waals surface area contributed by atoms with Crippen LogP contribution in [0.2, 0.25) is 0 Å². The molecule has 2 atom stereocenters. The maximum atomic E-state index is 12.5. The summed E-state index contributed by atoms with van der Waals surface area (Å²) in [6, 6.07) is 17.2. The van der Waals surface area contributed by atoms with Crippen LogP contribution in [-0.4, -0.2) is 42.3 Å². The Bertz CT molecular complexity index is 1000. The van der Waals surface area contributed by atoms with Gasteiger partial charge in [0.2, 0.25) is 0 Å². The van der Waals surface area contributed by atoms with E-state index in [9.17, 15) is 13.2 Å². The minimum atomic E-state index is -3.06. The maximum absolute atomic E-state index is 12.5. The summed E-state index contributed by atoms with van der Waals surface area (Å²) in [5.74, 6) is 0.0188. The first-order valence-corrected chi connectivity index (χ1v) is 11.5. The van der Waals surface area contributed by atoms with E-state index in [1.165, 1.54) is 11.8 Å². The molecule has 0 saturated carbocycles. The van der Waals surface area contributed by atoms with Crippen LogP contribution in [0.15, 0.2) is 59.6 Å². The lowest BCUT2D eigenvalue weighted by Crippen LogP contribution is -2.37. The predicted octanol–water partition coefficient (Wildman–Crippen LogP) is 2.84. The molecule has 2 fully saturated rings. The molecule has 4 rings (SSSR count). The average Bonchev–Trinajstić information content (AvgIpc) is 3.06. The van der Waals surface area contributed by atoms with Crippen molar-refractivity contribution in [1.82, 2.24) is 0 Å². The number of sulfone groups is 1. The second kappa shape index (κ2) is 7.13. The van der Waals surface area contributed by atoms with Crippen LogP contribution in [0.1, 0.15) is 11.1 Å². The van der Waals surface area contributed by atoms with Gasteiger partial charge in [0.1, 0.15) is 0 Å². The van der Waals surface area contributed by atoms with Gasteiger partial charge in [-0.05, 0) is 30.2 Å². The van der Waals surface area contributed by atoms with Crippen molar-refractivity contribution in [3.05, 3.63) is 65.7 Å². The van der Waals surface area contributed by atoms with Crippen LogP contribution in [0.3, 0.4) is 0 Å². The summed E-state index contributed by atoms with van der Waals surface area (Å²) in [7, 11) is -3.06. The Balaban J connectivity index is 1.65. The fourth-order valence-electron chi connectivity index (χ4n) is 3.56. The van der Waals surface area contributed by atoms with E-state index in [1.807, 2.05) is 66.4 Å². The highest BCUT2D eigenvalue weighted by Gasteiger charge is 2.49. The van der Waals surface area contributed by atoms with Crippen LogP contribution in [0.25, 0.3) is 0 Å². The van der Waals surface area contributed by atoms with Crippen LogP contribution in [0.5, 0.6) is 0 Å². The number of amidine groups is 1. The molecule has 27 heavy (non-hydrogen) atoms. The molecule has 140 valence electrons. The molecule has 2 aliphatic heterocycles. The molecule has 0 N–H and O–H groups in total. The van der Waals surface area contributed by atoms with E-state index in [0.717, 1.165) is 16.8 Å². The summed E-state index contributed by atoms with van der Waals surface area (Å²) >= 11 is 1.41. The van der Waals surface area contributed by atoms with Gasteiger partial charge in [-0.2, -0.15) is 4.99 Å². The van der Waals surface area contributed by atoms with Gasteiger partial charge < -0.3 is 4.90 Å². The third-order valence-corrected chi connectivity index (χ3v) is 7.97. The van der Waals surface area contributed by atoms with Crippen molar-refractivity contribution in [1.29, 1.82) is 0 Å². The van der Waals surface area contributed by atoms with Crippen LogP contribution in [0.4, 0.5) is 5.69 Å². The van der Waals surface area contributed by atoms with Crippen molar-refractivity contribution in [2.24, 2.45) is 4.99 Å². The Morgan fingerprint density at radius 3 is 2.67 bits per heavy atom. The van der Waals surface area contributed by atoms with Gasteiger partial charge in [0.25, 0.3) is 5.91 Å². The molecule has 1 amide bonds. The molecule has 2 heterocycles. The molecule has 5 nitrogen and oxygen atoms in total. The molecule has 7 heteroatoms. The molecule has 2 saturated heterocycles.